The van der Waals surface area contributed by atoms with Gasteiger partial charge in [0.2, 0.25) is 11.8 Å². The molecular formula is C18H15Br2N3O3. The molecule has 0 bridgehead atoms. The summed E-state index contributed by atoms with van der Waals surface area (Å²) in [6.07, 6.45) is 0.107. The van der Waals surface area contributed by atoms with Crippen LogP contribution in [0.2, 0.25) is 0 Å². The Hall–Kier alpha value is -2.19. The van der Waals surface area contributed by atoms with Crippen molar-refractivity contribution in [3.8, 4) is 0 Å². The Kier molecular flexibility index (Phi) is 5.73. The first-order chi connectivity index (χ1) is 12.4. The number of amides is 3. The molecule has 0 radical (unpaired) electrons. The van der Waals surface area contributed by atoms with Crippen molar-refractivity contribution < 1.29 is 14.4 Å². The largest absolute Gasteiger partial charge is 0.312 e. The smallest absolute Gasteiger partial charge is 0.269 e. The van der Waals surface area contributed by atoms with Crippen molar-refractivity contribution in [2.75, 3.05) is 11.4 Å². The molecule has 1 fully saturated rings. The predicted molar refractivity (Wildman–Crippen MR) is 104 cm³/mol. The zero-order valence-corrected chi connectivity index (χ0v) is 16.7. The Balaban J connectivity index is 1.57. The Morgan fingerprint density at radius 1 is 0.923 bits per heavy atom. The van der Waals surface area contributed by atoms with E-state index in [-0.39, 0.29) is 24.8 Å². The molecule has 0 aromatic heterocycles. The fourth-order valence-corrected chi connectivity index (χ4v) is 3.18. The molecule has 1 saturated heterocycles. The first-order valence-electron chi connectivity index (χ1n) is 7.86. The summed E-state index contributed by atoms with van der Waals surface area (Å²) in [4.78, 5) is 38.1. The number of hydrogen-bond acceptors (Lipinski definition) is 3. The van der Waals surface area contributed by atoms with E-state index in [4.69, 9.17) is 0 Å². The van der Waals surface area contributed by atoms with Crippen LogP contribution in [0.15, 0.2) is 57.5 Å². The van der Waals surface area contributed by atoms with E-state index in [2.05, 4.69) is 42.7 Å². The molecule has 6 nitrogen and oxygen atoms in total. The maximum absolute atomic E-state index is 12.3. The number of rotatable bonds is 3. The van der Waals surface area contributed by atoms with Crippen LogP contribution < -0.4 is 15.8 Å². The highest BCUT2D eigenvalue weighted by molar-refractivity contribution is 9.10. The van der Waals surface area contributed by atoms with Crippen molar-refractivity contribution >= 4 is 55.3 Å². The van der Waals surface area contributed by atoms with Gasteiger partial charge < -0.3 is 4.90 Å². The highest BCUT2D eigenvalue weighted by atomic mass is 79.9. The Morgan fingerprint density at radius 2 is 1.50 bits per heavy atom. The maximum atomic E-state index is 12.3. The van der Waals surface area contributed by atoms with E-state index in [1.54, 1.807) is 29.2 Å². The van der Waals surface area contributed by atoms with Crippen molar-refractivity contribution in [3.05, 3.63) is 63.0 Å². The molecule has 8 heteroatoms. The lowest BCUT2D eigenvalue weighted by atomic mass is 10.1. The van der Waals surface area contributed by atoms with Gasteiger partial charge in [-0.1, -0.05) is 31.9 Å². The Morgan fingerprint density at radius 3 is 2.12 bits per heavy atom. The topological polar surface area (TPSA) is 78.5 Å². The SMILES string of the molecule is O=C(NNC(=O)[C@@H]1CC(=O)N(c2ccc(Br)cc2)C1)c1ccc(Br)cc1. The van der Waals surface area contributed by atoms with E-state index < -0.39 is 11.8 Å². The first-order valence-corrected chi connectivity index (χ1v) is 9.44. The Bertz CT molecular complexity index is 838. The van der Waals surface area contributed by atoms with E-state index in [1.165, 1.54) is 0 Å². The maximum Gasteiger partial charge on any atom is 0.269 e. The molecule has 1 heterocycles. The number of nitrogens with one attached hydrogen (secondary N) is 2. The van der Waals surface area contributed by atoms with Gasteiger partial charge in [0.25, 0.3) is 5.91 Å². The van der Waals surface area contributed by atoms with Gasteiger partial charge in [0.1, 0.15) is 0 Å². The summed E-state index contributed by atoms with van der Waals surface area (Å²) in [6.45, 7) is 0.278. The number of hydrogen-bond donors (Lipinski definition) is 2. The number of nitrogens with zero attached hydrogens (tertiary/aromatic N) is 1. The third-order valence-electron chi connectivity index (χ3n) is 4.04. The Labute approximate surface area is 167 Å². The van der Waals surface area contributed by atoms with Crippen LogP contribution in [0.1, 0.15) is 16.8 Å². The van der Waals surface area contributed by atoms with Gasteiger partial charge >= 0.3 is 0 Å². The van der Waals surface area contributed by atoms with Crippen LogP contribution >= 0.6 is 31.9 Å². The summed E-state index contributed by atoms with van der Waals surface area (Å²) >= 11 is 6.65. The molecule has 3 amide bonds. The minimum atomic E-state index is -0.517. The van der Waals surface area contributed by atoms with E-state index in [0.717, 1.165) is 14.6 Å². The summed E-state index contributed by atoms with van der Waals surface area (Å²) < 4.78 is 1.77. The molecule has 3 rings (SSSR count). The van der Waals surface area contributed by atoms with Gasteiger partial charge in [-0.25, -0.2) is 0 Å². The highest BCUT2D eigenvalue weighted by Crippen LogP contribution is 2.26. The van der Waals surface area contributed by atoms with Crippen LogP contribution in [0.5, 0.6) is 0 Å². The second-order valence-corrected chi connectivity index (χ2v) is 7.66. The minimum Gasteiger partial charge on any atom is -0.312 e. The summed E-state index contributed by atoms with van der Waals surface area (Å²) in [5.41, 5.74) is 5.95. The molecule has 0 unspecified atom stereocenters. The van der Waals surface area contributed by atoms with Gasteiger partial charge in [0.05, 0.1) is 5.92 Å². The lowest BCUT2D eigenvalue weighted by Gasteiger charge is -2.17. The third-order valence-corrected chi connectivity index (χ3v) is 5.10. The van der Waals surface area contributed by atoms with Crippen molar-refractivity contribution in [2.45, 2.75) is 6.42 Å². The van der Waals surface area contributed by atoms with Gasteiger partial charge in [0, 0.05) is 33.2 Å². The molecule has 134 valence electrons. The highest BCUT2D eigenvalue weighted by Gasteiger charge is 2.35. The van der Waals surface area contributed by atoms with Crippen LogP contribution in [0.25, 0.3) is 0 Å². The molecule has 0 spiro atoms. The van der Waals surface area contributed by atoms with E-state index in [0.29, 0.717) is 5.56 Å². The fraction of sp³-hybridized carbons (Fsp3) is 0.167. The average Bonchev–Trinajstić information content (AvgIpc) is 3.02. The van der Waals surface area contributed by atoms with Gasteiger partial charge in [-0.15, -0.1) is 0 Å². The van der Waals surface area contributed by atoms with Crippen LogP contribution in [0, 0.1) is 5.92 Å². The molecule has 1 aliphatic heterocycles. The number of anilines is 1. The lowest BCUT2D eigenvalue weighted by Crippen LogP contribution is -2.45. The fourth-order valence-electron chi connectivity index (χ4n) is 2.65. The first kappa shape index (κ1) is 18.6. The quantitative estimate of drug-likeness (QED) is 0.663. The van der Waals surface area contributed by atoms with Gasteiger partial charge in [-0.2, -0.15) is 0 Å². The lowest BCUT2D eigenvalue weighted by molar-refractivity contribution is -0.126. The molecule has 2 aromatic rings. The van der Waals surface area contributed by atoms with Gasteiger partial charge in [-0.3, -0.25) is 25.2 Å². The van der Waals surface area contributed by atoms with Gasteiger partial charge in [-0.05, 0) is 48.5 Å². The molecular weight excluding hydrogens is 466 g/mol. The van der Waals surface area contributed by atoms with E-state index >= 15 is 0 Å². The van der Waals surface area contributed by atoms with Gasteiger partial charge in [0.15, 0.2) is 0 Å². The summed E-state index contributed by atoms with van der Waals surface area (Å²) in [6, 6.07) is 14.1. The molecule has 26 heavy (non-hydrogen) atoms. The molecule has 2 aromatic carbocycles. The summed E-state index contributed by atoms with van der Waals surface area (Å²) in [7, 11) is 0. The second-order valence-electron chi connectivity index (χ2n) is 5.83. The van der Waals surface area contributed by atoms with Crippen molar-refractivity contribution in [1.29, 1.82) is 0 Å². The third kappa shape index (κ3) is 4.31. The molecule has 1 aliphatic rings. The van der Waals surface area contributed by atoms with Crippen LogP contribution in [0.3, 0.4) is 0 Å². The summed E-state index contributed by atoms with van der Waals surface area (Å²) in [5.74, 6) is -1.44. The zero-order chi connectivity index (χ0) is 18.7. The number of hydrazine groups is 1. The normalized spacial score (nSPS) is 16.5. The minimum absolute atomic E-state index is 0.107. The molecule has 0 saturated carbocycles. The van der Waals surface area contributed by atoms with Crippen LogP contribution in [0.4, 0.5) is 5.69 Å². The molecule has 0 aliphatic carbocycles. The van der Waals surface area contributed by atoms with Crippen LogP contribution in [-0.2, 0) is 9.59 Å². The number of benzene rings is 2. The number of carbonyl (C=O) groups is 3. The van der Waals surface area contributed by atoms with Crippen molar-refractivity contribution in [3.63, 3.8) is 0 Å². The average molecular weight is 481 g/mol. The van der Waals surface area contributed by atoms with Crippen molar-refractivity contribution in [2.24, 2.45) is 5.92 Å². The molecule has 2 N–H and O–H groups in total. The monoisotopic (exact) mass is 479 g/mol. The van der Waals surface area contributed by atoms with Crippen molar-refractivity contribution in [1.82, 2.24) is 10.9 Å². The number of halogens is 2. The molecule has 1 atom stereocenters. The number of carbonyl (C=O) groups excluding carboxylic acids is 3. The standard InChI is InChI=1S/C18H15Br2N3O3/c19-13-3-1-11(2-4-13)17(25)21-22-18(26)12-9-16(24)23(10-12)15-7-5-14(20)6-8-15/h1-8,12H,9-10H2,(H,21,25)(H,22,26)/t12-/m1/s1. The zero-order valence-electron chi connectivity index (χ0n) is 13.5. The summed E-state index contributed by atoms with van der Waals surface area (Å²) in [5, 5.41) is 0. The second kappa shape index (κ2) is 8.01. The van der Waals surface area contributed by atoms with E-state index in [1.807, 2.05) is 24.3 Å². The van der Waals surface area contributed by atoms with E-state index in [9.17, 15) is 14.4 Å². The van der Waals surface area contributed by atoms with Crippen LogP contribution in [-0.4, -0.2) is 24.3 Å². The predicted octanol–water partition coefficient (Wildman–Crippen LogP) is 3.03.